The first-order valence-corrected chi connectivity index (χ1v) is 12.7. The first-order valence-electron chi connectivity index (χ1n) is 12.7. The van der Waals surface area contributed by atoms with Crippen LogP contribution in [0.1, 0.15) is 56.9 Å². The van der Waals surface area contributed by atoms with E-state index in [1.165, 1.54) is 11.0 Å². The normalized spacial score (nSPS) is 27.6. The molecule has 1 aromatic heterocycles. The van der Waals surface area contributed by atoms with Crippen molar-refractivity contribution in [3.05, 3.63) is 65.6 Å². The summed E-state index contributed by atoms with van der Waals surface area (Å²) in [5, 5.41) is 13.0. The number of allylic oxidation sites excluding steroid dienone is 2. The summed E-state index contributed by atoms with van der Waals surface area (Å²) in [6, 6.07) is 0. The molecule has 3 heterocycles. The molecule has 204 valence electrons. The molecule has 0 aromatic carbocycles. The van der Waals surface area contributed by atoms with E-state index in [2.05, 4.69) is 10.3 Å². The van der Waals surface area contributed by atoms with E-state index in [4.69, 9.17) is 9.15 Å². The van der Waals surface area contributed by atoms with Crippen LogP contribution < -0.4 is 5.32 Å². The summed E-state index contributed by atoms with van der Waals surface area (Å²) in [7, 11) is 0. The molecule has 38 heavy (non-hydrogen) atoms. The molecule has 1 aromatic rings. The molecule has 0 spiro atoms. The molecule has 2 bridgehead atoms. The van der Waals surface area contributed by atoms with Crippen molar-refractivity contribution in [2.24, 2.45) is 11.8 Å². The zero-order valence-corrected chi connectivity index (χ0v) is 22.2. The van der Waals surface area contributed by atoms with Gasteiger partial charge in [0.1, 0.15) is 23.8 Å². The highest BCUT2D eigenvalue weighted by Gasteiger charge is 2.33. The van der Waals surface area contributed by atoms with E-state index in [-0.39, 0.29) is 66.7 Å². The first kappa shape index (κ1) is 28.8. The molecule has 0 aliphatic carbocycles. The number of esters is 1. The van der Waals surface area contributed by atoms with Gasteiger partial charge in [0, 0.05) is 25.4 Å². The van der Waals surface area contributed by atoms with E-state index >= 15 is 0 Å². The molecule has 2 amide bonds. The number of aromatic nitrogens is 1. The third-order valence-corrected chi connectivity index (χ3v) is 6.19. The molecule has 3 atom stereocenters. The van der Waals surface area contributed by atoms with Crippen LogP contribution in [0, 0.1) is 11.8 Å². The second kappa shape index (κ2) is 13.1. The van der Waals surface area contributed by atoms with Crippen molar-refractivity contribution in [1.29, 1.82) is 0 Å². The third kappa shape index (κ3) is 7.85. The molecular weight excluding hydrogens is 490 g/mol. The van der Waals surface area contributed by atoms with Crippen LogP contribution in [0.2, 0.25) is 0 Å². The second-order valence-corrected chi connectivity index (χ2v) is 9.84. The van der Waals surface area contributed by atoms with Gasteiger partial charge in [0.15, 0.2) is 5.69 Å². The minimum Gasteiger partial charge on any atom is -0.457 e. The predicted molar refractivity (Wildman–Crippen MR) is 139 cm³/mol. The minimum atomic E-state index is -1.01. The summed E-state index contributed by atoms with van der Waals surface area (Å²) in [4.78, 5) is 56.3. The number of ketones is 1. The fourth-order valence-corrected chi connectivity index (χ4v) is 4.33. The van der Waals surface area contributed by atoms with Gasteiger partial charge in [0.2, 0.25) is 11.8 Å². The fourth-order valence-electron chi connectivity index (χ4n) is 4.33. The maximum Gasteiger partial charge on any atom is 0.355 e. The van der Waals surface area contributed by atoms with Crippen LogP contribution in [0.5, 0.6) is 0 Å². The predicted octanol–water partition coefficient (Wildman–Crippen LogP) is 2.66. The molecule has 0 saturated heterocycles. The Labute approximate surface area is 222 Å². The van der Waals surface area contributed by atoms with Crippen molar-refractivity contribution in [3.8, 4) is 0 Å². The van der Waals surface area contributed by atoms with E-state index < -0.39 is 24.1 Å². The number of ether oxygens (including phenoxy) is 1. The summed E-state index contributed by atoms with van der Waals surface area (Å²) in [5.41, 5.74) is 0.809. The summed E-state index contributed by atoms with van der Waals surface area (Å²) in [5.74, 6) is -2.07. The zero-order valence-electron chi connectivity index (χ0n) is 22.2. The van der Waals surface area contributed by atoms with Gasteiger partial charge >= 0.3 is 5.97 Å². The maximum atomic E-state index is 13.1. The Kier molecular flexibility index (Phi) is 9.95. The Morgan fingerprint density at radius 1 is 1.18 bits per heavy atom. The Balaban J connectivity index is 1.86. The minimum absolute atomic E-state index is 0.0315. The number of aliphatic hydroxyl groups is 1. The maximum absolute atomic E-state index is 13.1. The van der Waals surface area contributed by atoms with E-state index in [1.54, 1.807) is 37.3 Å². The number of nitrogens with zero attached hydrogens (tertiary/aromatic N) is 2. The molecule has 3 unspecified atom stereocenters. The van der Waals surface area contributed by atoms with Gasteiger partial charge in [-0.15, -0.1) is 0 Å². The van der Waals surface area contributed by atoms with Gasteiger partial charge in [-0.3, -0.25) is 14.4 Å². The highest BCUT2D eigenvalue weighted by atomic mass is 16.5. The number of rotatable bonds is 1. The lowest BCUT2D eigenvalue weighted by Crippen LogP contribution is -2.36. The number of oxazole rings is 1. The van der Waals surface area contributed by atoms with Gasteiger partial charge in [-0.2, -0.15) is 0 Å². The summed E-state index contributed by atoms with van der Waals surface area (Å²) in [6.45, 7) is 8.00. The molecule has 0 radical (unpaired) electrons. The Morgan fingerprint density at radius 2 is 1.95 bits per heavy atom. The molecule has 2 aliphatic rings. The van der Waals surface area contributed by atoms with Gasteiger partial charge in [-0.1, -0.05) is 56.7 Å². The Morgan fingerprint density at radius 3 is 2.68 bits per heavy atom. The number of cyclic esters (lactones) is 1. The quantitative estimate of drug-likeness (QED) is 0.534. The van der Waals surface area contributed by atoms with Crippen LogP contribution in [-0.4, -0.2) is 63.9 Å². The summed E-state index contributed by atoms with van der Waals surface area (Å²) < 4.78 is 11.1. The van der Waals surface area contributed by atoms with E-state index in [0.717, 1.165) is 11.8 Å². The van der Waals surface area contributed by atoms with Crippen LogP contribution in [0.4, 0.5) is 0 Å². The Bertz CT molecular complexity index is 1170. The SMILES string of the molecule is CC1=C/C(O)CC(=O)Cc2nc(co2)C(=O)N2CCC=C2C(=O)OC(C(C)C)C(C)/C=C\C(=O)NC/C=C\1. The van der Waals surface area contributed by atoms with Crippen molar-refractivity contribution < 1.29 is 33.4 Å². The molecule has 0 fully saturated rings. The van der Waals surface area contributed by atoms with Gasteiger partial charge in [0.05, 0.1) is 12.5 Å². The van der Waals surface area contributed by atoms with Gasteiger partial charge in [0.25, 0.3) is 5.91 Å². The summed E-state index contributed by atoms with van der Waals surface area (Å²) in [6.07, 6.45) is 9.48. The lowest BCUT2D eigenvalue weighted by molar-refractivity contribution is -0.149. The van der Waals surface area contributed by atoms with Gasteiger partial charge < -0.3 is 24.5 Å². The van der Waals surface area contributed by atoms with Crippen LogP contribution in [-0.2, 0) is 25.5 Å². The largest absolute Gasteiger partial charge is 0.457 e. The van der Waals surface area contributed by atoms with Gasteiger partial charge in [-0.25, -0.2) is 9.78 Å². The van der Waals surface area contributed by atoms with Crippen molar-refractivity contribution in [2.75, 3.05) is 13.1 Å². The molecule has 10 nitrogen and oxygen atoms in total. The number of hydrogen-bond acceptors (Lipinski definition) is 8. The van der Waals surface area contributed by atoms with Gasteiger partial charge in [-0.05, 0) is 25.3 Å². The number of carbonyl (C=O) groups is 4. The van der Waals surface area contributed by atoms with Crippen LogP contribution in [0.15, 0.2) is 58.4 Å². The lowest BCUT2D eigenvalue weighted by atomic mass is 9.94. The van der Waals surface area contributed by atoms with Crippen molar-refractivity contribution in [1.82, 2.24) is 15.2 Å². The topological polar surface area (TPSA) is 139 Å². The first-order chi connectivity index (χ1) is 18.0. The number of nitrogens with one attached hydrogen (secondary N) is 1. The average Bonchev–Trinajstić information content (AvgIpc) is 3.52. The smallest absolute Gasteiger partial charge is 0.355 e. The number of aliphatic hydroxyl groups excluding tert-OH is 1. The number of hydrogen-bond donors (Lipinski definition) is 2. The van der Waals surface area contributed by atoms with E-state index in [9.17, 15) is 24.3 Å². The monoisotopic (exact) mass is 525 g/mol. The highest BCUT2D eigenvalue weighted by Crippen LogP contribution is 2.24. The lowest BCUT2D eigenvalue weighted by Gasteiger charge is -2.27. The molecular formula is C28H35N3O7. The second-order valence-electron chi connectivity index (χ2n) is 9.84. The molecule has 0 saturated carbocycles. The average molecular weight is 526 g/mol. The molecule has 3 rings (SSSR count). The van der Waals surface area contributed by atoms with Crippen molar-refractivity contribution in [3.63, 3.8) is 0 Å². The number of carbonyl (C=O) groups excluding carboxylic acids is 4. The van der Waals surface area contributed by atoms with Crippen LogP contribution >= 0.6 is 0 Å². The molecule has 10 heteroatoms. The number of amides is 2. The Hall–Kier alpha value is -3.79. The van der Waals surface area contributed by atoms with Crippen molar-refractivity contribution >= 4 is 23.6 Å². The van der Waals surface area contributed by atoms with Crippen molar-refractivity contribution in [2.45, 2.75) is 59.2 Å². The zero-order chi connectivity index (χ0) is 27.8. The molecule has 2 aliphatic heterocycles. The van der Waals surface area contributed by atoms with E-state index in [1.807, 2.05) is 20.8 Å². The van der Waals surface area contributed by atoms with E-state index in [0.29, 0.717) is 6.42 Å². The molecule has 2 N–H and O–H groups in total. The third-order valence-electron chi connectivity index (χ3n) is 6.19. The fraction of sp³-hybridized carbons (Fsp3) is 0.464. The number of Topliss-reactive ketones (excluding diaryl/α,β-unsaturated/α-hetero) is 1. The standard InChI is InChI=1S/C28H35N3O7/c1-17(2)26-19(4)9-10-24(34)29-11-5-7-18(3)13-20(32)14-21(33)15-25-30-22(16-37-25)27(35)31-12-6-8-23(31)28(36)38-26/h5,7-10,13,16-17,19-20,26,32H,6,11-12,14-15H2,1-4H3,(H,29,34)/b7-5-,10-9-,18-13-. The highest BCUT2D eigenvalue weighted by molar-refractivity contribution is 6.00. The number of fused-ring (bicyclic) bond motifs is 3. The van der Waals surface area contributed by atoms with Crippen LogP contribution in [0.3, 0.4) is 0 Å². The summed E-state index contributed by atoms with van der Waals surface area (Å²) >= 11 is 0. The van der Waals surface area contributed by atoms with Crippen LogP contribution in [0.25, 0.3) is 0 Å².